The Morgan fingerprint density at radius 3 is 2.79 bits per heavy atom. The van der Waals surface area contributed by atoms with E-state index in [1.807, 2.05) is 29.0 Å². The average Bonchev–Trinajstić information content (AvgIpc) is 3.63. The van der Waals surface area contributed by atoms with Crippen LogP contribution >= 0.6 is 11.3 Å². The van der Waals surface area contributed by atoms with Gasteiger partial charge in [0.05, 0.1) is 23.2 Å². The predicted molar refractivity (Wildman–Crippen MR) is 132 cm³/mol. The van der Waals surface area contributed by atoms with E-state index < -0.39 is 12.2 Å². The fraction of sp³-hybridized carbons (Fsp3) is 0.400. The van der Waals surface area contributed by atoms with Crippen molar-refractivity contribution >= 4 is 28.2 Å². The Balaban J connectivity index is 1.37. The van der Waals surface area contributed by atoms with E-state index in [1.54, 1.807) is 11.3 Å². The molecule has 8 nitrogen and oxygen atoms in total. The van der Waals surface area contributed by atoms with Crippen LogP contribution in [-0.2, 0) is 6.42 Å². The molecule has 0 radical (unpaired) electrons. The second-order valence-electron chi connectivity index (χ2n) is 9.41. The monoisotopic (exact) mass is 476 g/mol. The van der Waals surface area contributed by atoms with Crippen molar-refractivity contribution in [1.29, 1.82) is 0 Å². The Morgan fingerprint density at radius 2 is 2.00 bits per heavy atom. The zero-order chi connectivity index (χ0) is 23.2. The molecule has 1 aliphatic heterocycles. The molecule has 0 spiro atoms. The number of nitrogens with one attached hydrogen (secondary N) is 1. The second-order valence-corrected chi connectivity index (χ2v) is 10.3. The molecular weight excluding hydrogens is 448 g/mol. The third-order valence-corrected chi connectivity index (χ3v) is 8.33. The number of rotatable bonds is 5. The number of aliphatic hydroxyl groups is 2. The number of aromatic nitrogens is 4. The summed E-state index contributed by atoms with van der Waals surface area (Å²) in [4.78, 5) is 13.7. The molecule has 3 aromatic heterocycles. The number of thiazole rings is 1. The number of nitrogens with two attached hydrogens (primary N) is 1. The van der Waals surface area contributed by atoms with Crippen LogP contribution in [0.2, 0.25) is 0 Å². The maximum Gasteiger partial charge on any atom is 0.146 e. The van der Waals surface area contributed by atoms with Crippen LogP contribution < -0.4 is 11.1 Å². The van der Waals surface area contributed by atoms with E-state index in [2.05, 4.69) is 32.8 Å². The molecular formula is C25H28N6O2S. The molecule has 5 N–H and O–H groups in total. The van der Waals surface area contributed by atoms with Crippen LogP contribution in [0.3, 0.4) is 0 Å². The van der Waals surface area contributed by atoms with Gasteiger partial charge in [0.2, 0.25) is 0 Å². The number of benzene rings is 1. The van der Waals surface area contributed by atoms with Gasteiger partial charge in [-0.1, -0.05) is 30.3 Å². The molecule has 0 amide bonds. The molecule has 2 fully saturated rings. The Labute approximate surface area is 201 Å². The van der Waals surface area contributed by atoms with Crippen LogP contribution in [0.25, 0.3) is 21.6 Å². The summed E-state index contributed by atoms with van der Waals surface area (Å²) in [5.74, 6) is 0.811. The third kappa shape index (κ3) is 3.69. The van der Waals surface area contributed by atoms with Gasteiger partial charge in [-0.3, -0.25) is 0 Å². The highest BCUT2D eigenvalue weighted by atomic mass is 32.1. The third-order valence-electron chi connectivity index (χ3n) is 7.41. The first kappa shape index (κ1) is 21.7. The van der Waals surface area contributed by atoms with E-state index in [0.717, 1.165) is 47.6 Å². The van der Waals surface area contributed by atoms with Crippen molar-refractivity contribution in [2.45, 2.75) is 37.5 Å². The number of aliphatic hydroxyl groups excluding tert-OH is 2. The van der Waals surface area contributed by atoms with Gasteiger partial charge in [0.1, 0.15) is 28.9 Å². The van der Waals surface area contributed by atoms with Crippen molar-refractivity contribution < 1.29 is 10.2 Å². The maximum absolute atomic E-state index is 11.0. The van der Waals surface area contributed by atoms with Crippen LogP contribution in [0.5, 0.6) is 0 Å². The van der Waals surface area contributed by atoms with Crippen LogP contribution in [0.4, 0.5) is 5.82 Å². The standard InChI is InChI=1S/C25H28N6O2S/c26-23-20-18(25-30-16(12-34-25)8-14-4-2-1-3-5-14)11-31(24(20)29-13-28-23)19-9-17(21(32)22(19)33)15-6-7-27-10-15/h1-5,11-13,15,17,19,21-22,27,32-33H,6-10H2,(H2,26,28,29)/t15-,17-,19-,21-,22+/m1/s1. The van der Waals surface area contributed by atoms with E-state index in [9.17, 15) is 10.2 Å². The van der Waals surface area contributed by atoms with Crippen molar-refractivity contribution in [1.82, 2.24) is 24.8 Å². The number of fused-ring (bicyclic) bond motifs is 1. The van der Waals surface area contributed by atoms with Gasteiger partial charge < -0.3 is 25.8 Å². The van der Waals surface area contributed by atoms with Gasteiger partial charge in [-0.25, -0.2) is 15.0 Å². The Kier molecular flexibility index (Phi) is 5.57. The number of hydrogen-bond acceptors (Lipinski definition) is 8. The molecule has 1 aromatic carbocycles. The lowest BCUT2D eigenvalue weighted by atomic mass is 9.88. The van der Waals surface area contributed by atoms with Crippen molar-refractivity contribution in [2.24, 2.45) is 11.8 Å². The second kappa shape index (κ2) is 8.74. The summed E-state index contributed by atoms with van der Waals surface area (Å²) in [6.07, 6.45) is 4.29. The van der Waals surface area contributed by atoms with Crippen LogP contribution in [0.1, 0.15) is 30.1 Å². The van der Waals surface area contributed by atoms with Gasteiger partial charge in [0.25, 0.3) is 0 Å². The normalized spacial score (nSPS) is 27.1. The lowest BCUT2D eigenvalue weighted by Crippen LogP contribution is -2.32. The lowest BCUT2D eigenvalue weighted by molar-refractivity contribution is -0.00279. The first-order valence-electron chi connectivity index (χ1n) is 11.8. The summed E-state index contributed by atoms with van der Waals surface area (Å²) >= 11 is 1.57. The van der Waals surface area contributed by atoms with Gasteiger partial charge >= 0.3 is 0 Å². The fourth-order valence-corrected chi connectivity index (χ4v) is 6.51. The van der Waals surface area contributed by atoms with Crippen molar-refractivity contribution in [2.75, 3.05) is 18.8 Å². The zero-order valence-corrected chi connectivity index (χ0v) is 19.5. The minimum Gasteiger partial charge on any atom is -0.390 e. The minimum absolute atomic E-state index is 0.0485. The summed E-state index contributed by atoms with van der Waals surface area (Å²) in [7, 11) is 0. The maximum atomic E-state index is 11.0. The summed E-state index contributed by atoms with van der Waals surface area (Å²) < 4.78 is 1.98. The molecule has 34 heavy (non-hydrogen) atoms. The van der Waals surface area contributed by atoms with Gasteiger partial charge in [0, 0.05) is 23.6 Å². The minimum atomic E-state index is -0.866. The molecule has 1 saturated heterocycles. The Hall–Kier alpha value is -2.85. The summed E-state index contributed by atoms with van der Waals surface area (Å²) in [5.41, 5.74) is 10.1. The number of anilines is 1. The molecule has 9 heteroatoms. The van der Waals surface area contributed by atoms with E-state index in [1.165, 1.54) is 11.9 Å². The van der Waals surface area contributed by atoms with Crippen molar-refractivity contribution in [3.63, 3.8) is 0 Å². The predicted octanol–water partition coefficient (Wildman–Crippen LogP) is 2.62. The van der Waals surface area contributed by atoms with Gasteiger partial charge in [-0.15, -0.1) is 11.3 Å². The molecule has 0 unspecified atom stereocenters. The molecule has 6 rings (SSSR count). The first-order valence-corrected chi connectivity index (χ1v) is 12.6. The molecule has 4 aromatic rings. The van der Waals surface area contributed by atoms with Crippen molar-refractivity contribution in [3.8, 4) is 10.6 Å². The molecule has 1 aliphatic carbocycles. The summed E-state index contributed by atoms with van der Waals surface area (Å²) in [5, 5.41) is 29.0. The van der Waals surface area contributed by atoms with Crippen LogP contribution in [0, 0.1) is 11.8 Å². The van der Waals surface area contributed by atoms with E-state index in [0.29, 0.717) is 23.8 Å². The highest BCUT2D eigenvalue weighted by molar-refractivity contribution is 7.13. The molecule has 1 saturated carbocycles. The lowest BCUT2D eigenvalue weighted by Gasteiger charge is -2.21. The fourth-order valence-electron chi connectivity index (χ4n) is 5.67. The summed E-state index contributed by atoms with van der Waals surface area (Å²) in [6, 6.07) is 9.99. The average molecular weight is 477 g/mol. The number of nitrogen functional groups attached to an aromatic ring is 1. The van der Waals surface area contributed by atoms with E-state index in [4.69, 9.17) is 10.7 Å². The topological polar surface area (TPSA) is 122 Å². The SMILES string of the molecule is Nc1ncnc2c1c(-c1nc(Cc3ccccc3)cs1)cn2[C@@H]1C[C@H]([C@@H]2CCNC2)[C@@H](O)[C@H]1O. The first-order chi connectivity index (χ1) is 16.6. The summed E-state index contributed by atoms with van der Waals surface area (Å²) in [6.45, 7) is 1.85. The quantitative estimate of drug-likeness (QED) is 0.349. The van der Waals surface area contributed by atoms with Gasteiger partial charge in [-0.2, -0.15) is 0 Å². The molecule has 5 atom stereocenters. The number of hydrogen-bond donors (Lipinski definition) is 4. The molecule has 0 bridgehead atoms. The van der Waals surface area contributed by atoms with E-state index >= 15 is 0 Å². The largest absolute Gasteiger partial charge is 0.390 e. The van der Waals surface area contributed by atoms with Gasteiger partial charge in [-0.05, 0) is 43.3 Å². The van der Waals surface area contributed by atoms with Gasteiger partial charge in [0.15, 0.2) is 0 Å². The molecule has 4 heterocycles. The zero-order valence-electron chi connectivity index (χ0n) is 18.7. The Morgan fingerprint density at radius 1 is 1.15 bits per heavy atom. The van der Waals surface area contributed by atoms with Crippen LogP contribution in [0.15, 0.2) is 48.2 Å². The Bertz CT molecular complexity index is 1300. The highest BCUT2D eigenvalue weighted by Crippen LogP contribution is 2.44. The highest BCUT2D eigenvalue weighted by Gasteiger charge is 2.46. The number of nitrogens with zero attached hydrogens (tertiary/aromatic N) is 4. The molecule has 176 valence electrons. The smallest absolute Gasteiger partial charge is 0.146 e. The molecule has 2 aliphatic rings. The van der Waals surface area contributed by atoms with E-state index in [-0.39, 0.29) is 12.0 Å². The van der Waals surface area contributed by atoms with Crippen LogP contribution in [-0.4, -0.2) is 55.0 Å². The van der Waals surface area contributed by atoms with Crippen molar-refractivity contribution in [3.05, 3.63) is 59.5 Å².